The molecule has 1 fully saturated rings. The van der Waals surface area contributed by atoms with Crippen LogP contribution < -0.4 is 5.32 Å². The molecule has 7 heteroatoms. The average molecular weight is 285 g/mol. The number of carbonyl (C=O) groups is 1. The minimum atomic E-state index is -3.84. The molecule has 1 aliphatic heterocycles. The third-order valence-electron chi connectivity index (χ3n) is 2.96. The predicted molar refractivity (Wildman–Crippen MR) is 67.3 cm³/mol. The first-order chi connectivity index (χ1) is 8.88. The van der Waals surface area contributed by atoms with Crippen molar-refractivity contribution in [1.29, 1.82) is 0 Å². The summed E-state index contributed by atoms with van der Waals surface area (Å²) in [5.41, 5.74) is 0.951. The van der Waals surface area contributed by atoms with Gasteiger partial charge in [-0.15, -0.1) is 0 Å². The molecule has 0 aromatic heterocycles. The van der Waals surface area contributed by atoms with E-state index >= 15 is 0 Å². The summed E-state index contributed by atoms with van der Waals surface area (Å²) in [6, 6.07) is 5.56. The van der Waals surface area contributed by atoms with Crippen molar-refractivity contribution in [3.05, 3.63) is 29.8 Å². The highest BCUT2D eigenvalue weighted by Crippen LogP contribution is 2.19. The summed E-state index contributed by atoms with van der Waals surface area (Å²) in [5.74, 6) is -1.00. The Labute approximate surface area is 111 Å². The van der Waals surface area contributed by atoms with Crippen molar-refractivity contribution >= 4 is 16.1 Å². The van der Waals surface area contributed by atoms with Crippen molar-refractivity contribution < 1.29 is 22.5 Å². The smallest absolute Gasteiger partial charge is 0.320 e. The second-order valence-corrected chi connectivity index (χ2v) is 6.09. The number of carboxylic acid groups (broad SMARTS) is 1. The van der Waals surface area contributed by atoms with Gasteiger partial charge in [-0.3, -0.25) is 8.98 Å². The fraction of sp³-hybridized carbons (Fsp3) is 0.417. The molecule has 2 atom stereocenters. The van der Waals surface area contributed by atoms with Gasteiger partial charge in [0.1, 0.15) is 6.04 Å². The predicted octanol–water partition coefficient (Wildman–Crippen LogP) is 0.515. The van der Waals surface area contributed by atoms with Gasteiger partial charge in [0.05, 0.1) is 11.0 Å². The van der Waals surface area contributed by atoms with E-state index in [9.17, 15) is 13.2 Å². The molecule has 6 nitrogen and oxygen atoms in total. The Balaban J connectivity index is 2.06. The van der Waals surface area contributed by atoms with Gasteiger partial charge in [0.15, 0.2) is 0 Å². The molecule has 2 N–H and O–H groups in total. The first-order valence-corrected chi connectivity index (χ1v) is 7.25. The molecule has 0 amide bonds. The van der Waals surface area contributed by atoms with E-state index in [0.717, 1.165) is 5.56 Å². The number of aliphatic carboxylic acids is 1. The van der Waals surface area contributed by atoms with E-state index in [4.69, 9.17) is 9.29 Å². The molecule has 2 rings (SSSR count). The lowest BCUT2D eigenvalue weighted by Gasteiger charge is -2.11. The third-order valence-corrected chi connectivity index (χ3v) is 4.34. The molecule has 0 saturated carbocycles. The van der Waals surface area contributed by atoms with Gasteiger partial charge in [-0.1, -0.05) is 17.7 Å². The van der Waals surface area contributed by atoms with Crippen LogP contribution in [-0.4, -0.2) is 38.2 Å². The van der Waals surface area contributed by atoms with Crippen LogP contribution in [0.25, 0.3) is 0 Å². The van der Waals surface area contributed by atoms with Gasteiger partial charge in [0, 0.05) is 13.0 Å². The number of aryl methyl sites for hydroxylation is 1. The quantitative estimate of drug-likeness (QED) is 0.783. The zero-order valence-corrected chi connectivity index (χ0v) is 11.2. The molecule has 0 spiro atoms. The fourth-order valence-corrected chi connectivity index (χ4v) is 2.99. The summed E-state index contributed by atoms with van der Waals surface area (Å²) in [6.07, 6.45) is -0.507. The molecule has 1 aromatic carbocycles. The Kier molecular flexibility index (Phi) is 3.88. The number of rotatable bonds is 4. The van der Waals surface area contributed by atoms with E-state index in [1.807, 2.05) is 6.92 Å². The van der Waals surface area contributed by atoms with E-state index < -0.39 is 28.2 Å². The monoisotopic (exact) mass is 285 g/mol. The van der Waals surface area contributed by atoms with Crippen LogP contribution in [-0.2, 0) is 19.1 Å². The van der Waals surface area contributed by atoms with Crippen LogP contribution in [0.3, 0.4) is 0 Å². The summed E-state index contributed by atoms with van der Waals surface area (Å²) in [6.45, 7) is 2.07. The molecule has 0 aliphatic carbocycles. The Morgan fingerprint density at radius 3 is 2.53 bits per heavy atom. The number of hydrogen-bond donors (Lipinski definition) is 2. The maximum Gasteiger partial charge on any atom is 0.320 e. The zero-order valence-electron chi connectivity index (χ0n) is 10.4. The number of benzene rings is 1. The van der Waals surface area contributed by atoms with Gasteiger partial charge in [-0.05, 0) is 19.1 Å². The van der Waals surface area contributed by atoms with Gasteiger partial charge >= 0.3 is 5.97 Å². The average Bonchev–Trinajstić information content (AvgIpc) is 2.77. The normalized spacial score (nSPS) is 23.4. The van der Waals surface area contributed by atoms with Crippen molar-refractivity contribution in [2.75, 3.05) is 6.54 Å². The minimum Gasteiger partial charge on any atom is -0.480 e. The largest absolute Gasteiger partial charge is 0.480 e. The van der Waals surface area contributed by atoms with Crippen LogP contribution in [0.1, 0.15) is 12.0 Å². The van der Waals surface area contributed by atoms with Crippen LogP contribution in [0, 0.1) is 6.92 Å². The molecular weight excluding hydrogens is 270 g/mol. The minimum absolute atomic E-state index is 0.0804. The third kappa shape index (κ3) is 3.31. The molecule has 0 radical (unpaired) electrons. The van der Waals surface area contributed by atoms with Gasteiger partial charge in [-0.25, -0.2) is 0 Å². The number of hydrogen-bond acceptors (Lipinski definition) is 5. The van der Waals surface area contributed by atoms with Crippen LogP contribution in [0.4, 0.5) is 0 Å². The first-order valence-electron chi connectivity index (χ1n) is 5.84. The first kappa shape index (κ1) is 14.0. The Bertz CT molecular complexity index is 566. The highest BCUT2D eigenvalue weighted by atomic mass is 32.2. The molecule has 1 aliphatic rings. The van der Waals surface area contributed by atoms with Crippen molar-refractivity contribution in [3.8, 4) is 0 Å². The Hall–Kier alpha value is -1.44. The van der Waals surface area contributed by atoms with Crippen molar-refractivity contribution in [1.82, 2.24) is 5.32 Å². The van der Waals surface area contributed by atoms with Crippen molar-refractivity contribution in [2.24, 2.45) is 0 Å². The molecule has 1 heterocycles. The fourth-order valence-electron chi connectivity index (χ4n) is 1.90. The standard InChI is InChI=1S/C12H15NO5S/c1-8-2-4-10(5-3-8)19(16,17)18-9-6-11(12(14)15)13-7-9/h2-5,9,11,13H,6-7H2,1H3,(H,14,15)/t9?,11-/m0/s1. The highest BCUT2D eigenvalue weighted by Gasteiger charge is 2.33. The van der Waals surface area contributed by atoms with E-state index in [2.05, 4.69) is 5.32 Å². The summed E-state index contributed by atoms with van der Waals surface area (Å²) in [5, 5.41) is 11.5. The maximum atomic E-state index is 12.0. The molecule has 1 aromatic rings. The number of carboxylic acids is 1. The lowest BCUT2D eigenvalue weighted by atomic mass is 10.2. The Morgan fingerprint density at radius 2 is 2.00 bits per heavy atom. The van der Waals surface area contributed by atoms with E-state index in [0.29, 0.717) is 0 Å². The molecule has 0 bridgehead atoms. The second-order valence-electron chi connectivity index (χ2n) is 4.52. The van der Waals surface area contributed by atoms with Gasteiger partial charge in [0.2, 0.25) is 0 Å². The summed E-state index contributed by atoms with van der Waals surface area (Å²) in [7, 11) is -3.84. The van der Waals surface area contributed by atoms with Gasteiger partial charge in [-0.2, -0.15) is 8.42 Å². The SMILES string of the molecule is Cc1ccc(S(=O)(=O)OC2CN[C@H](C(=O)O)C2)cc1. The lowest BCUT2D eigenvalue weighted by Crippen LogP contribution is -2.30. The van der Waals surface area contributed by atoms with E-state index in [-0.39, 0.29) is 17.9 Å². The van der Waals surface area contributed by atoms with Crippen molar-refractivity contribution in [2.45, 2.75) is 30.4 Å². The number of nitrogens with one attached hydrogen (secondary N) is 1. The topological polar surface area (TPSA) is 92.7 Å². The molecule has 104 valence electrons. The van der Waals surface area contributed by atoms with Gasteiger partial charge in [0.25, 0.3) is 10.1 Å². The second kappa shape index (κ2) is 5.28. The van der Waals surface area contributed by atoms with Crippen LogP contribution in [0.15, 0.2) is 29.2 Å². The highest BCUT2D eigenvalue weighted by molar-refractivity contribution is 7.86. The van der Waals surface area contributed by atoms with E-state index in [1.165, 1.54) is 12.1 Å². The summed E-state index contributed by atoms with van der Waals surface area (Å²) in [4.78, 5) is 10.8. The Morgan fingerprint density at radius 1 is 1.37 bits per heavy atom. The van der Waals surface area contributed by atoms with Gasteiger partial charge < -0.3 is 10.4 Å². The summed E-state index contributed by atoms with van der Waals surface area (Å²) >= 11 is 0. The van der Waals surface area contributed by atoms with Crippen LogP contribution >= 0.6 is 0 Å². The molecule has 1 unspecified atom stereocenters. The van der Waals surface area contributed by atoms with E-state index in [1.54, 1.807) is 12.1 Å². The maximum absolute atomic E-state index is 12.0. The molecule has 1 saturated heterocycles. The van der Waals surface area contributed by atoms with Crippen LogP contribution in [0.2, 0.25) is 0 Å². The molecular formula is C12H15NO5S. The zero-order chi connectivity index (χ0) is 14.0. The van der Waals surface area contributed by atoms with Crippen molar-refractivity contribution in [3.63, 3.8) is 0 Å². The van der Waals surface area contributed by atoms with Crippen LogP contribution in [0.5, 0.6) is 0 Å². The molecule has 19 heavy (non-hydrogen) atoms. The lowest BCUT2D eigenvalue weighted by molar-refractivity contribution is -0.139. The summed E-state index contributed by atoms with van der Waals surface area (Å²) < 4.78 is 29.0.